The Morgan fingerprint density at radius 3 is 2.65 bits per heavy atom. The van der Waals surface area contributed by atoms with Crippen LogP contribution >= 0.6 is 0 Å². The number of nitrogens with zero attached hydrogens (tertiary/aromatic N) is 2. The van der Waals surface area contributed by atoms with E-state index >= 15 is 0 Å². The molecule has 0 unspecified atom stereocenters. The number of benzene rings is 2. The number of hydrogen-bond donors (Lipinski definition) is 0. The topological polar surface area (TPSA) is 55.6 Å². The fourth-order valence-corrected chi connectivity index (χ4v) is 3.41. The number of para-hydroxylation sites is 2. The molecule has 5 nitrogen and oxygen atoms in total. The number of ether oxygens (including phenoxy) is 1. The van der Waals surface area contributed by atoms with Gasteiger partial charge in [-0.25, -0.2) is 0 Å². The van der Waals surface area contributed by atoms with Crippen LogP contribution in [0.4, 0.5) is 6.01 Å². The average Bonchev–Trinajstić information content (AvgIpc) is 3.08. The van der Waals surface area contributed by atoms with E-state index in [0.29, 0.717) is 11.8 Å². The van der Waals surface area contributed by atoms with Gasteiger partial charge in [0.05, 0.1) is 5.92 Å². The monoisotopic (exact) mass is 350 g/mol. The van der Waals surface area contributed by atoms with E-state index in [-0.39, 0.29) is 11.9 Å². The van der Waals surface area contributed by atoms with E-state index in [1.54, 1.807) is 0 Å². The van der Waals surface area contributed by atoms with Gasteiger partial charge in [-0.3, -0.25) is 4.79 Å². The minimum absolute atomic E-state index is 0.0867. The van der Waals surface area contributed by atoms with Crippen LogP contribution in [0.1, 0.15) is 24.0 Å². The quantitative estimate of drug-likeness (QED) is 0.522. The maximum atomic E-state index is 12.5. The molecule has 0 N–H and O–H groups in total. The molecule has 3 aromatic rings. The van der Waals surface area contributed by atoms with Crippen LogP contribution < -0.4 is 9.64 Å². The minimum atomic E-state index is -0.144. The Morgan fingerprint density at radius 2 is 1.92 bits per heavy atom. The average molecular weight is 350 g/mol. The first kappa shape index (κ1) is 16.6. The fraction of sp³-hybridized carbons (Fsp3) is 0.333. The van der Waals surface area contributed by atoms with Crippen molar-refractivity contribution < 1.29 is 13.9 Å². The number of aryl methyl sites for hydroxylation is 2. The maximum Gasteiger partial charge on any atom is 0.314 e. The Morgan fingerprint density at radius 1 is 1.15 bits per heavy atom. The number of fused-ring (bicyclic) bond motifs is 1. The molecule has 26 heavy (non-hydrogen) atoms. The number of piperidine rings is 1. The van der Waals surface area contributed by atoms with Gasteiger partial charge < -0.3 is 14.1 Å². The summed E-state index contributed by atoms with van der Waals surface area (Å²) < 4.78 is 11.5. The third-order valence-corrected chi connectivity index (χ3v) is 4.92. The summed E-state index contributed by atoms with van der Waals surface area (Å²) >= 11 is 0. The molecular weight excluding hydrogens is 328 g/mol. The second-order valence-electron chi connectivity index (χ2n) is 6.92. The molecule has 2 heterocycles. The Kier molecular flexibility index (Phi) is 4.37. The normalized spacial score (nSPS) is 15.4. The number of carbonyl (C=O) groups excluding carboxylic acids is 1. The van der Waals surface area contributed by atoms with Gasteiger partial charge in [0.15, 0.2) is 5.58 Å². The highest BCUT2D eigenvalue weighted by Crippen LogP contribution is 2.28. The lowest BCUT2D eigenvalue weighted by Crippen LogP contribution is -2.37. The Bertz CT molecular complexity index is 906. The van der Waals surface area contributed by atoms with Gasteiger partial charge in [-0.05, 0) is 50.5 Å². The van der Waals surface area contributed by atoms with Gasteiger partial charge in [0.2, 0.25) is 0 Å². The van der Waals surface area contributed by atoms with E-state index in [1.807, 2.05) is 56.3 Å². The van der Waals surface area contributed by atoms with Crippen molar-refractivity contribution in [2.45, 2.75) is 26.7 Å². The van der Waals surface area contributed by atoms with Crippen molar-refractivity contribution in [3.8, 4) is 5.75 Å². The molecule has 0 aliphatic carbocycles. The van der Waals surface area contributed by atoms with E-state index in [0.717, 1.165) is 48.2 Å². The molecule has 134 valence electrons. The van der Waals surface area contributed by atoms with Crippen molar-refractivity contribution in [3.63, 3.8) is 0 Å². The number of hydrogen-bond acceptors (Lipinski definition) is 5. The van der Waals surface area contributed by atoms with Gasteiger partial charge in [0.1, 0.15) is 11.3 Å². The molecule has 1 aromatic heterocycles. The van der Waals surface area contributed by atoms with Crippen molar-refractivity contribution >= 4 is 23.1 Å². The molecule has 0 atom stereocenters. The van der Waals surface area contributed by atoms with Crippen LogP contribution in [0.15, 0.2) is 46.9 Å². The van der Waals surface area contributed by atoms with Crippen molar-refractivity contribution in [2.75, 3.05) is 18.0 Å². The highest BCUT2D eigenvalue weighted by molar-refractivity contribution is 5.76. The highest BCUT2D eigenvalue weighted by atomic mass is 16.5. The maximum absolute atomic E-state index is 12.5. The van der Waals surface area contributed by atoms with Crippen LogP contribution in [0.3, 0.4) is 0 Å². The molecule has 0 bridgehead atoms. The number of anilines is 1. The van der Waals surface area contributed by atoms with Crippen LogP contribution in [0, 0.1) is 19.8 Å². The van der Waals surface area contributed by atoms with Gasteiger partial charge in [-0.2, -0.15) is 4.98 Å². The number of rotatable bonds is 3. The molecule has 0 amide bonds. The van der Waals surface area contributed by atoms with Crippen molar-refractivity contribution in [1.29, 1.82) is 0 Å². The van der Waals surface area contributed by atoms with Crippen LogP contribution in [0.25, 0.3) is 11.1 Å². The van der Waals surface area contributed by atoms with Gasteiger partial charge in [-0.1, -0.05) is 29.8 Å². The minimum Gasteiger partial charge on any atom is -0.426 e. The molecule has 1 saturated heterocycles. The number of aromatic nitrogens is 1. The number of esters is 1. The van der Waals surface area contributed by atoms with Crippen molar-refractivity contribution in [3.05, 3.63) is 53.6 Å². The molecule has 5 heteroatoms. The smallest absolute Gasteiger partial charge is 0.314 e. The summed E-state index contributed by atoms with van der Waals surface area (Å²) in [5.74, 6) is 0.424. The third-order valence-electron chi connectivity index (χ3n) is 4.92. The van der Waals surface area contributed by atoms with Crippen molar-refractivity contribution in [2.24, 2.45) is 5.92 Å². The zero-order valence-corrected chi connectivity index (χ0v) is 15.1. The van der Waals surface area contributed by atoms with Crippen LogP contribution in [-0.4, -0.2) is 24.0 Å². The molecule has 4 rings (SSSR count). The summed E-state index contributed by atoms with van der Waals surface area (Å²) in [6.45, 7) is 5.46. The van der Waals surface area contributed by atoms with E-state index in [4.69, 9.17) is 9.15 Å². The molecule has 0 spiro atoms. The lowest BCUT2D eigenvalue weighted by Gasteiger charge is -2.29. The summed E-state index contributed by atoms with van der Waals surface area (Å²) in [5, 5.41) is 0. The molecule has 1 aliphatic rings. The molecule has 0 saturated carbocycles. The van der Waals surface area contributed by atoms with Gasteiger partial charge in [0.25, 0.3) is 6.01 Å². The largest absolute Gasteiger partial charge is 0.426 e. The summed E-state index contributed by atoms with van der Waals surface area (Å²) in [6.07, 6.45) is 1.48. The zero-order chi connectivity index (χ0) is 18.1. The fourth-order valence-electron chi connectivity index (χ4n) is 3.41. The van der Waals surface area contributed by atoms with Gasteiger partial charge in [0, 0.05) is 13.1 Å². The van der Waals surface area contributed by atoms with E-state index < -0.39 is 0 Å². The SMILES string of the molecule is Cc1ccc(OC(=O)C2CCN(c3nc4ccccc4o3)CC2)c(C)c1. The van der Waals surface area contributed by atoms with E-state index in [1.165, 1.54) is 0 Å². The summed E-state index contributed by atoms with van der Waals surface area (Å²) in [6, 6.07) is 14.2. The second kappa shape index (κ2) is 6.83. The Balaban J connectivity index is 1.39. The first-order chi connectivity index (χ1) is 12.6. The highest BCUT2D eigenvalue weighted by Gasteiger charge is 2.28. The molecule has 1 fully saturated rings. The first-order valence-electron chi connectivity index (χ1n) is 8.99. The van der Waals surface area contributed by atoms with Crippen LogP contribution in [0.2, 0.25) is 0 Å². The lowest BCUT2D eigenvalue weighted by atomic mass is 9.97. The molecule has 1 aliphatic heterocycles. The third kappa shape index (κ3) is 3.29. The van der Waals surface area contributed by atoms with Gasteiger partial charge >= 0.3 is 5.97 Å². The second-order valence-corrected chi connectivity index (χ2v) is 6.92. The van der Waals surface area contributed by atoms with Crippen LogP contribution in [0.5, 0.6) is 5.75 Å². The predicted octanol–water partition coefficient (Wildman–Crippen LogP) is 4.27. The van der Waals surface area contributed by atoms with E-state index in [9.17, 15) is 4.79 Å². The Labute approximate surface area is 152 Å². The summed E-state index contributed by atoms with van der Waals surface area (Å²) in [7, 11) is 0. The van der Waals surface area contributed by atoms with E-state index in [2.05, 4.69) is 9.88 Å². The van der Waals surface area contributed by atoms with Crippen LogP contribution in [-0.2, 0) is 4.79 Å². The molecular formula is C21H22N2O3. The number of oxazole rings is 1. The summed E-state index contributed by atoms with van der Waals surface area (Å²) in [5.41, 5.74) is 3.80. The van der Waals surface area contributed by atoms with Crippen molar-refractivity contribution in [1.82, 2.24) is 4.98 Å². The zero-order valence-electron chi connectivity index (χ0n) is 15.1. The molecule has 0 radical (unpaired) electrons. The first-order valence-corrected chi connectivity index (χ1v) is 8.99. The molecule has 2 aromatic carbocycles. The summed E-state index contributed by atoms with van der Waals surface area (Å²) in [4.78, 5) is 19.1. The number of carbonyl (C=O) groups is 1. The standard InChI is InChI=1S/C21H22N2O3/c1-14-7-8-18(15(2)13-14)25-20(24)16-9-11-23(12-10-16)21-22-17-5-3-4-6-19(17)26-21/h3-8,13,16H,9-12H2,1-2H3. The lowest BCUT2D eigenvalue weighted by molar-refractivity contribution is -0.139. The predicted molar refractivity (Wildman–Crippen MR) is 100 cm³/mol. The Hall–Kier alpha value is -2.82. The van der Waals surface area contributed by atoms with Gasteiger partial charge in [-0.15, -0.1) is 0 Å².